The zero-order valence-electron chi connectivity index (χ0n) is 11.6. The van der Waals surface area contributed by atoms with E-state index in [-0.39, 0.29) is 5.69 Å². The first-order valence-corrected chi connectivity index (χ1v) is 7.34. The van der Waals surface area contributed by atoms with Crippen molar-refractivity contribution in [2.45, 2.75) is 31.7 Å². The molecular formula is C14H21N5O. The molecule has 1 aliphatic carbocycles. The van der Waals surface area contributed by atoms with Crippen molar-refractivity contribution in [1.82, 2.24) is 15.5 Å². The highest BCUT2D eigenvalue weighted by atomic mass is 16.1. The van der Waals surface area contributed by atoms with Crippen molar-refractivity contribution in [1.29, 1.82) is 0 Å². The summed E-state index contributed by atoms with van der Waals surface area (Å²) < 4.78 is 0. The van der Waals surface area contributed by atoms with E-state index in [9.17, 15) is 4.79 Å². The SMILES string of the molecule is NC(=O)c1ccc(N(CC2CC2)CC2CCCN2)nn1. The number of nitrogens with one attached hydrogen (secondary N) is 1. The fourth-order valence-corrected chi connectivity index (χ4v) is 2.68. The smallest absolute Gasteiger partial charge is 0.269 e. The van der Waals surface area contributed by atoms with Gasteiger partial charge in [0.15, 0.2) is 11.5 Å². The number of anilines is 1. The number of aromatic nitrogens is 2. The summed E-state index contributed by atoms with van der Waals surface area (Å²) in [5, 5.41) is 11.6. The van der Waals surface area contributed by atoms with Crippen LogP contribution in [0.2, 0.25) is 0 Å². The van der Waals surface area contributed by atoms with E-state index in [1.165, 1.54) is 25.7 Å². The zero-order valence-corrected chi connectivity index (χ0v) is 11.6. The quantitative estimate of drug-likeness (QED) is 0.792. The molecule has 0 aromatic carbocycles. The molecule has 2 aliphatic rings. The molecule has 20 heavy (non-hydrogen) atoms. The largest absolute Gasteiger partial charge is 0.364 e. The molecule has 6 heteroatoms. The van der Waals surface area contributed by atoms with Crippen LogP contribution in [0.4, 0.5) is 5.82 Å². The van der Waals surface area contributed by atoms with Crippen LogP contribution in [-0.4, -0.2) is 41.8 Å². The molecular weight excluding hydrogens is 254 g/mol. The van der Waals surface area contributed by atoms with Gasteiger partial charge in [0.05, 0.1) is 0 Å². The van der Waals surface area contributed by atoms with Crippen molar-refractivity contribution in [3.8, 4) is 0 Å². The van der Waals surface area contributed by atoms with E-state index in [4.69, 9.17) is 5.73 Å². The minimum Gasteiger partial charge on any atom is -0.364 e. The van der Waals surface area contributed by atoms with Gasteiger partial charge in [0, 0.05) is 19.1 Å². The second-order valence-electron chi connectivity index (χ2n) is 5.78. The Hall–Kier alpha value is -1.69. The molecule has 1 unspecified atom stereocenters. The van der Waals surface area contributed by atoms with E-state index in [1.807, 2.05) is 6.07 Å². The Morgan fingerprint density at radius 1 is 1.30 bits per heavy atom. The molecule has 1 saturated heterocycles. The minimum absolute atomic E-state index is 0.221. The normalized spacial score (nSPS) is 21.9. The zero-order chi connectivity index (χ0) is 13.9. The Kier molecular flexibility index (Phi) is 3.82. The maximum Gasteiger partial charge on any atom is 0.269 e. The van der Waals surface area contributed by atoms with Crippen molar-refractivity contribution in [3.63, 3.8) is 0 Å². The number of rotatable bonds is 6. The Labute approximate surface area is 118 Å². The van der Waals surface area contributed by atoms with Gasteiger partial charge in [0.1, 0.15) is 0 Å². The Morgan fingerprint density at radius 3 is 2.70 bits per heavy atom. The lowest BCUT2D eigenvalue weighted by Crippen LogP contribution is -2.39. The van der Waals surface area contributed by atoms with E-state index in [2.05, 4.69) is 20.4 Å². The molecule has 108 valence electrons. The lowest BCUT2D eigenvalue weighted by atomic mass is 10.2. The summed E-state index contributed by atoms with van der Waals surface area (Å²) in [5.41, 5.74) is 5.42. The van der Waals surface area contributed by atoms with E-state index in [0.717, 1.165) is 31.4 Å². The molecule has 1 aliphatic heterocycles. The van der Waals surface area contributed by atoms with Gasteiger partial charge in [0.25, 0.3) is 5.91 Å². The Balaban J connectivity index is 1.70. The van der Waals surface area contributed by atoms with Crippen LogP contribution in [0.1, 0.15) is 36.2 Å². The van der Waals surface area contributed by atoms with Gasteiger partial charge >= 0.3 is 0 Å². The number of amides is 1. The first kappa shape index (κ1) is 13.3. The van der Waals surface area contributed by atoms with E-state index >= 15 is 0 Å². The van der Waals surface area contributed by atoms with Crippen molar-refractivity contribution in [3.05, 3.63) is 17.8 Å². The molecule has 0 spiro atoms. The van der Waals surface area contributed by atoms with Gasteiger partial charge in [0.2, 0.25) is 0 Å². The standard InChI is InChI=1S/C14H21N5O/c15-14(20)12-5-6-13(18-17-12)19(8-10-3-4-10)9-11-2-1-7-16-11/h5-6,10-11,16H,1-4,7-9H2,(H2,15,20). The summed E-state index contributed by atoms with van der Waals surface area (Å²) in [6, 6.07) is 4.04. The molecule has 1 saturated carbocycles. The van der Waals surface area contributed by atoms with Crippen LogP contribution in [0.25, 0.3) is 0 Å². The second kappa shape index (κ2) is 5.75. The first-order valence-electron chi connectivity index (χ1n) is 7.34. The molecule has 1 aromatic rings. The summed E-state index contributed by atoms with van der Waals surface area (Å²) in [5.74, 6) is 1.10. The monoisotopic (exact) mass is 275 g/mol. The number of carbonyl (C=O) groups excluding carboxylic acids is 1. The summed E-state index contributed by atoms with van der Waals surface area (Å²) in [4.78, 5) is 13.3. The van der Waals surface area contributed by atoms with Crippen LogP contribution in [0, 0.1) is 5.92 Å². The van der Waals surface area contributed by atoms with Gasteiger partial charge in [-0.15, -0.1) is 10.2 Å². The number of carbonyl (C=O) groups is 1. The molecule has 0 radical (unpaired) electrons. The molecule has 3 N–H and O–H groups in total. The molecule has 2 heterocycles. The average molecular weight is 275 g/mol. The summed E-state index contributed by atoms with van der Waals surface area (Å²) in [7, 11) is 0. The third kappa shape index (κ3) is 3.25. The molecule has 1 aromatic heterocycles. The number of nitrogens with zero attached hydrogens (tertiary/aromatic N) is 3. The van der Waals surface area contributed by atoms with Crippen molar-refractivity contribution in [2.24, 2.45) is 11.7 Å². The first-order chi connectivity index (χ1) is 9.72. The van der Waals surface area contributed by atoms with Crippen molar-refractivity contribution >= 4 is 11.7 Å². The number of nitrogens with two attached hydrogens (primary N) is 1. The highest BCUT2D eigenvalue weighted by Crippen LogP contribution is 2.31. The fraction of sp³-hybridized carbons (Fsp3) is 0.643. The molecule has 6 nitrogen and oxygen atoms in total. The summed E-state index contributed by atoms with van der Waals surface area (Å²) in [6.45, 7) is 3.10. The van der Waals surface area contributed by atoms with Crippen LogP contribution in [0.15, 0.2) is 12.1 Å². The molecule has 3 rings (SSSR count). The van der Waals surface area contributed by atoms with E-state index in [1.54, 1.807) is 6.07 Å². The fourth-order valence-electron chi connectivity index (χ4n) is 2.68. The maximum atomic E-state index is 11.0. The summed E-state index contributed by atoms with van der Waals surface area (Å²) >= 11 is 0. The molecule has 1 atom stereocenters. The van der Waals surface area contributed by atoms with Crippen LogP contribution in [-0.2, 0) is 0 Å². The number of hydrogen-bond acceptors (Lipinski definition) is 5. The average Bonchev–Trinajstić information content (AvgIpc) is 3.12. The van der Waals surface area contributed by atoms with E-state index < -0.39 is 5.91 Å². The highest BCUT2D eigenvalue weighted by molar-refractivity contribution is 5.90. The second-order valence-corrected chi connectivity index (χ2v) is 5.78. The third-order valence-electron chi connectivity index (χ3n) is 4.01. The van der Waals surface area contributed by atoms with Gasteiger partial charge < -0.3 is 16.0 Å². The minimum atomic E-state index is -0.532. The van der Waals surface area contributed by atoms with Crippen LogP contribution < -0.4 is 16.0 Å². The van der Waals surface area contributed by atoms with Crippen molar-refractivity contribution in [2.75, 3.05) is 24.5 Å². The van der Waals surface area contributed by atoms with Gasteiger partial charge in [-0.2, -0.15) is 0 Å². The Morgan fingerprint density at radius 2 is 2.15 bits per heavy atom. The highest BCUT2D eigenvalue weighted by Gasteiger charge is 2.27. The third-order valence-corrected chi connectivity index (χ3v) is 4.01. The molecule has 0 bridgehead atoms. The molecule has 1 amide bonds. The van der Waals surface area contributed by atoms with Gasteiger partial charge in [-0.3, -0.25) is 4.79 Å². The topological polar surface area (TPSA) is 84.1 Å². The van der Waals surface area contributed by atoms with Crippen LogP contribution in [0.3, 0.4) is 0 Å². The van der Waals surface area contributed by atoms with Gasteiger partial charge in [-0.05, 0) is 50.3 Å². The summed E-state index contributed by atoms with van der Waals surface area (Å²) in [6.07, 6.45) is 5.07. The maximum absolute atomic E-state index is 11.0. The van der Waals surface area contributed by atoms with E-state index in [0.29, 0.717) is 6.04 Å². The van der Waals surface area contributed by atoms with Crippen LogP contribution in [0.5, 0.6) is 0 Å². The predicted molar refractivity (Wildman–Crippen MR) is 76.5 cm³/mol. The van der Waals surface area contributed by atoms with Crippen molar-refractivity contribution < 1.29 is 4.79 Å². The lowest BCUT2D eigenvalue weighted by Gasteiger charge is -2.26. The predicted octanol–water partition coefficient (Wildman–Crippen LogP) is 0.544. The number of hydrogen-bond donors (Lipinski definition) is 2. The molecule has 2 fully saturated rings. The lowest BCUT2D eigenvalue weighted by molar-refractivity contribution is 0.0994. The van der Waals surface area contributed by atoms with Gasteiger partial charge in [-0.25, -0.2) is 0 Å². The number of primary amides is 1. The Bertz CT molecular complexity index is 465. The van der Waals surface area contributed by atoms with Gasteiger partial charge in [-0.1, -0.05) is 0 Å². The van der Waals surface area contributed by atoms with Crippen LogP contribution >= 0.6 is 0 Å².